The molecule has 14 heteroatoms. The Kier molecular flexibility index (Phi) is 7.24. The minimum absolute atomic E-state index is 0.0748. The second-order valence-electron chi connectivity index (χ2n) is 8.25. The molecule has 2 heterocycles. The van der Waals surface area contributed by atoms with Crippen LogP contribution in [-0.4, -0.2) is 54.3 Å². The minimum Gasteiger partial charge on any atom is -0.480 e. The number of hydrogen-bond acceptors (Lipinski definition) is 5. The van der Waals surface area contributed by atoms with Gasteiger partial charge in [0.2, 0.25) is 21.8 Å². The number of carbonyl (C=O) groups is 1. The number of sulfonamides is 1. The zero-order valence-electron chi connectivity index (χ0n) is 19.2. The van der Waals surface area contributed by atoms with Crippen LogP contribution in [0, 0.1) is 5.82 Å². The molecule has 0 radical (unpaired) electrons. The van der Waals surface area contributed by atoms with E-state index in [9.17, 15) is 35.2 Å². The molecule has 1 saturated heterocycles. The summed E-state index contributed by atoms with van der Waals surface area (Å²) in [6, 6.07) is 6.85. The highest BCUT2D eigenvalue weighted by molar-refractivity contribution is 7.89. The predicted molar refractivity (Wildman–Crippen MR) is 121 cm³/mol. The third-order valence-corrected chi connectivity index (χ3v) is 7.67. The molecule has 8 nitrogen and oxygen atoms in total. The van der Waals surface area contributed by atoms with E-state index < -0.39 is 52.2 Å². The maximum atomic E-state index is 14.2. The van der Waals surface area contributed by atoms with Crippen LogP contribution in [-0.2, 0) is 27.5 Å². The van der Waals surface area contributed by atoms with Gasteiger partial charge in [-0.3, -0.25) is 4.79 Å². The zero-order chi connectivity index (χ0) is 27.0. The van der Waals surface area contributed by atoms with Gasteiger partial charge in [0.15, 0.2) is 0 Å². The summed E-state index contributed by atoms with van der Waals surface area (Å²) in [5.41, 5.74) is -0.180. The second-order valence-corrected chi connectivity index (χ2v) is 10.1. The minimum atomic E-state index is -4.49. The zero-order valence-corrected chi connectivity index (χ0v) is 20.1. The Labute approximate surface area is 208 Å². The van der Waals surface area contributed by atoms with Crippen molar-refractivity contribution >= 4 is 15.9 Å². The molecule has 2 aromatic carbocycles. The molecule has 4 rings (SSSR count). The lowest BCUT2D eigenvalue weighted by Gasteiger charge is -2.23. The molecule has 0 unspecified atom stereocenters. The summed E-state index contributed by atoms with van der Waals surface area (Å²) < 4.78 is 99.1. The lowest BCUT2D eigenvalue weighted by molar-refractivity contribution is -0.137. The lowest BCUT2D eigenvalue weighted by atomic mass is 10.2. The van der Waals surface area contributed by atoms with Crippen molar-refractivity contribution < 1.29 is 39.9 Å². The molecular formula is C23H21F5N4O4S. The van der Waals surface area contributed by atoms with Crippen molar-refractivity contribution in [3.05, 3.63) is 71.7 Å². The molecule has 0 aliphatic carbocycles. The molecule has 1 aliphatic rings. The molecule has 2 atom stereocenters. The van der Waals surface area contributed by atoms with Crippen LogP contribution in [0.15, 0.2) is 59.6 Å². The maximum absolute atomic E-state index is 14.2. The first-order valence-corrected chi connectivity index (χ1v) is 12.3. The van der Waals surface area contributed by atoms with E-state index >= 15 is 0 Å². The van der Waals surface area contributed by atoms with Gasteiger partial charge in [-0.25, -0.2) is 21.9 Å². The van der Waals surface area contributed by atoms with Crippen LogP contribution in [0.3, 0.4) is 0 Å². The number of hydrogen-bond donors (Lipinski definition) is 1. The lowest BCUT2D eigenvalue weighted by Crippen LogP contribution is -2.45. The summed E-state index contributed by atoms with van der Waals surface area (Å²) >= 11 is 0. The van der Waals surface area contributed by atoms with Gasteiger partial charge in [-0.2, -0.15) is 17.5 Å². The molecule has 1 aromatic heterocycles. The van der Waals surface area contributed by atoms with Crippen LogP contribution >= 0.6 is 0 Å². The van der Waals surface area contributed by atoms with Crippen molar-refractivity contribution in [3.63, 3.8) is 0 Å². The van der Waals surface area contributed by atoms with Crippen LogP contribution < -0.4 is 10.1 Å². The fourth-order valence-electron chi connectivity index (χ4n) is 3.92. The van der Waals surface area contributed by atoms with E-state index in [1.807, 2.05) is 0 Å². The van der Waals surface area contributed by atoms with Crippen molar-refractivity contribution in [2.45, 2.75) is 36.3 Å². The number of nitrogens with zero attached hydrogens (tertiary/aromatic N) is 3. The summed E-state index contributed by atoms with van der Waals surface area (Å²) in [6.45, 7) is -0.715. The number of methoxy groups -OCH3 is 1. The van der Waals surface area contributed by atoms with Crippen molar-refractivity contribution in [2.75, 3.05) is 13.7 Å². The van der Waals surface area contributed by atoms with E-state index in [-0.39, 0.29) is 23.7 Å². The van der Waals surface area contributed by atoms with E-state index in [1.165, 1.54) is 30.1 Å². The Morgan fingerprint density at radius 3 is 2.38 bits per heavy atom. The van der Waals surface area contributed by atoms with Crippen molar-refractivity contribution in [1.82, 2.24) is 19.4 Å². The fraction of sp³-hybridized carbons (Fsp3) is 0.304. The average molecular weight is 545 g/mol. The molecule has 0 saturated carbocycles. The average Bonchev–Trinajstić information content (AvgIpc) is 3.46. The Balaban J connectivity index is 1.50. The summed E-state index contributed by atoms with van der Waals surface area (Å²) in [7, 11) is -2.97. The fourth-order valence-corrected chi connectivity index (χ4v) is 5.55. The van der Waals surface area contributed by atoms with Crippen LogP contribution in [0.2, 0.25) is 0 Å². The Morgan fingerprint density at radius 1 is 1.14 bits per heavy atom. The van der Waals surface area contributed by atoms with Gasteiger partial charge >= 0.3 is 6.18 Å². The normalized spacial score (nSPS) is 18.6. The van der Waals surface area contributed by atoms with Crippen LogP contribution in [0.25, 0.3) is 5.69 Å². The molecule has 1 fully saturated rings. The number of halogens is 5. The van der Waals surface area contributed by atoms with Gasteiger partial charge in [0.25, 0.3) is 0 Å². The van der Waals surface area contributed by atoms with Gasteiger partial charge < -0.3 is 10.1 Å². The smallest absolute Gasteiger partial charge is 0.416 e. The molecule has 0 spiro atoms. The first-order chi connectivity index (χ1) is 17.4. The van der Waals surface area contributed by atoms with Crippen molar-refractivity contribution in [2.24, 2.45) is 0 Å². The number of alkyl halides is 4. The third kappa shape index (κ3) is 5.59. The first kappa shape index (κ1) is 26.5. The van der Waals surface area contributed by atoms with E-state index in [2.05, 4.69) is 10.4 Å². The number of aromatic nitrogens is 2. The largest absolute Gasteiger partial charge is 0.480 e. The van der Waals surface area contributed by atoms with Crippen molar-refractivity contribution in [3.8, 4) is 11.6 Å². The number of ether oxygens (including phenoxy) is 1. The van der Waals surface area contributed by atoms with Gasteiger partial charge in [-0.05, 0) is 48.5 Å². The Morgan fingerprint density at radius 2 is 1.78 bits per heavy atom. The number of nitrogens with one attached hydrogen (secondary N) is 1. The van der Waals surface area contributed by atoms with Crippen LogP contribution in [0.5, 0.6) is 5.88 Å². The van der Waals surface area contributed by atoms with Gasteiger partial charge in [0, 0.05) is 25.7 Å². The molecule has 1 aliphatic heterocycles. The van der Waals surface area contributed by atoms with E-state index in [4.69, 9.17) is 4.74 Å². The van der Waals surface area contributed by atoms with E-state index in [1.54, 1.807) is 0 Å². The monoisotopic (exact) mass is 544 g/mol. The topological polar surface area (TPSA) is 93.5 Å². The molecular weight excluding hydrogens is 523 g/mol. The predicted octanol–water partition coefficient (Wildman–Crippen LogP) is 3.46. The Hall–Kier alpha value is -3.52. The number of benzene rings is 2. The number of carbonyl (C=O) groups excluding carboxylic acids is 1. The highest BCUT2D eigenvalue weighted by Gasteiger charge is 2.44. The first-order valence-electron chi connectivity index (χ1n) is 10.9. The van der Waals surface area contributed by atoms with E-state index in [0.717, 1.165) is 40.7 Å². The standard InChI is InChI=1S/C23H21F5N4O4S/c1-36-22-14(12-31(30-22)18-6-2-15(3-7-18)23(26,27)28)11-29-21(33)20-10-17(25)13-32(20)37(34,35)19-8-4-16(24)5-9-19/h2-9,12,17,20H,10-11,13H2,1H3,(H,29,33)/t17-,20+/m1/s1. The number of rotatable bonds is 7. The van der Waals surface area contributed by atoms with Crippen LogP contribution in [0.1, 0.15) is 17.5 Å². The van der Waals surface area contributed by atoms with Gasteiger partial charge in [-0.15, -0.1) is 5.10 Å². The molecule has 1 N–H and O–H groups in total. The molecule has 37 heavy (non-hydrogen) atoms. The quantitative estimate of drug-likeness (QED) is 0.460. The molecule has 3 aromatic rings. The van der Waals surface area contributed by atoms with Gasteiger partial charge in [0.1, 0.15) is 18.0 Å². The molecule has 0 bridgehead atoms. The summed E-state index contributed by atoms with van der Waals surface area (Å²) in [4.78, 5) is 12.6. The summed E-state index contributed by atoms with van der Waals surface area (Å²) in [5, 5.41) is 6.68. The highest BCUT2D eigenvalue weighted by Crippen LogP contribution is 2.31. The van der Waals surface area contributed by atoms with Crippen molar-refractivity contribution in [1.29, 1.82) is 0 Å². The molecule has 1 amide bonds. The number of amides is 1. The molecule has 198 valence electrons. The SMILES string of the molecule is COc1nn(-c2ccc(C(F)(F)F)cc2)cc1CNC(=O)[C@@H]1C[C@@H](F)CN1S(=O)(=O)c1ccc(F)cc1. The maximum Gasteiger partial charge on any atom is 0.416 e. The van der Waals surface area contributed by atoms with Gasteiger partial charge in [0.05, 0.1) is 28.8 Å². The van der Waals surface area contributed by atoms with Gasteiger partial charge in [-0.1, -0.05) is 0 Å². The summed E-state index contributed by atoms with van der Waals surface area (Å²) in [6.07, 6.45) is -5.01. The summed E-state index contributed by atoms with van der Waals surface area (Å²) in [5.74, 6) is -1.34. The van der Waals surface area contributed by atoms with E-state index in [0.29, 0.717) is 11.3 Å². The second kappa shape index (κ2) is 10.1. The highest BCUT2D eigenvalue weighted by atomic mass is 32.2. The Bertz CT molecular complexity index is 1380. The third-order valence-electron chi connectivity index (χ3n) is 5.78. The van der Waals surface area contributed by atoms with Crippen LogP contribution in [0.4, 0.5) is 22.0 Å².